The quantitative estimate of drug-likeness (QED) is 0.392. The average molecular weight is 180 g/mol. The summed E-state index contributed by atoms with van der Waals surface area (Å²) in [5, 5.41) is 9.43. The Bertz CT molecular complexity index is 193. The van der Waals surface area contributed by atoms with Gasteiger partial charge in [0.25, 0.3) is 0 Å². The second-order valence-corrected chi connectivity index (χ2v) is 3.46. The van der Waals surface area contributed by atoms with E-state index in [-0.39, 0.29) is 0 Å². The molecule has 0 saturated carbocycles. The lowest BCUT2D eigenvalue weighted by Gasteiger charge is -2.07. The zero-order valence-electron chi connectivity index (χ0n) is 8.77. The van der Waals surface area contributed by atoms with Crippen LogP contribution in [-0.2, 0) is 0 Å². The highest BCUT2D eigenvalue weighted by atomic mass is 16.3. The predicted octanol–water partition coefficient (Wildman–Crippen LogP) is 2.90. The van der Waals surface area contributed by atoms with Crippen LogP contribution in [-0.4, -0.2) is 10.7 Å². The Morgan fingerprint density at radius 2 is 2.08 bits per heavy atom. The van der Waals surface area contributed by atoms with Crippen LogP contribution in [0.5, 0.6) is 0 Å². The Labute approximate surface area is 81.9 Å². The smallest absolute Gasteiger partial charge is 0.141 e. The third kappa shape index (κ3) is 7.62. The minimum absolute atomic E-state index is 0.879. The molecule has 0 aromatic rings. The summed E-state index contributed by atoms with van der Waals surface area (Å²) in [6, 6.07) is 0. The van der Waals surface area contributed by atoms with Crippen LogP contribution in [0.25, 0.3) is 0 Å². The number of rotatable bonds is 5. The zero-order valence-corrected chi connectivity index (χ0v) is 8.77. The van der Waals surface area contributed by atoms with Gasteiger partial charge in [0.15, 0.2) is 0 Å². The van der Waals surface area contributed by atoms with E-state index in [9.17, 15) is 5.11 Å². The van der Waals surface area contributed by atoms with Crippen molar-refractivity contribution in [3.05, 3.63) is 12.7 Å². The lowest BCUT2D eigenvalue weighted by Crippen LogP contribution is -2.16. The van der Waals surface area contributed by atoms with Crippen LogP contribution in [0.3, 0.4) is 0 Å². The van der Waals surface area contributed by atoms with E-state index < -0.39 is 5.60 Å². The Balaban J connectivity index is 3.56. The second kappa shape index (κ2) is 6.74. The topological polar surface area (TPSA) is 20.2 Å². The highest BCUT2D eigenvalue weighted by Crippen LogP contribution is 2.03. The Morgan fingerprint density at radius 3 is 2.62 bits per heavy atom. The van der Waals surface area contributed by atoms with E-state index in [4.69, 9.17) is 0 Å². The van der Waals surface area contributed by atoms with Crippen molar-refractivity contribution in [1.82, 2.24) is 0 Å². The van der Waals surface area contributed by atoms with Crippen LogP contribution in [0.1, 0.15) is 46.0 Å². The van der Waals surface area contributed by atoms with E-state index in [1.165, 1.54) is 25.3 Å². The summed E-state index contributed by atoms with van der Waals surface area (Å²) in [5.41, 5.74) is -1.01. The van der Waals surface area contributed by atoms with Gasteiger partial charge in [-0.2, -0.15) is 0 Å². The summed E-state index contributed by atoms with van der Waals surface area (Å²) in [5.74, 6) is 5.74. The fraction of sp³-hybridized carbons (Fsp3) is 0.667. The third-order valence-electron chi connectivity index (χ3n) is 1.89. The zero-order chi connectivity index (χ0) is 10.2. The highest BCUT2D eigenvalue weighted by molar-refractivity contribution is 5.18. The molecule has 0 radical (unpaired) electrons. The summed E-state index contributed by atoms with van der Waals surface area (Å²) in [6.07, 6.45) is 7.24. The summed E-state index contributed by atoms with van der Waals surface area (Å²) >= 11 is 0. The van der Waals surface area contributed by atoms with Crippen molar-refractivity contribution in [3.63, 3.8) is 0 Å². The van der Waals surface area contributed by atoms with E-state index in [1.807, 2.05) is 0 Å². The predicted molar refractivity (Wildman–Crippen MR) is 57.4 cm³/mol. The largest absolute Gasteiger partial charge is 0.374 e. The molecule has 0 saturated heterocycles. The molecule has 0 aliphatic rings. The van der Waals surface area contributed by atoms with E-state index in [0.717, 1.165) is 12.8 Å². The van der Waals surface area contributed by atoms with Crippen molar-refractivity contribution in [2.24, 2.45) is 0 Å². The molecule has 0 aliphatic carbocycles. The fourth-order valence-electron chi connectivity index (χ4n) is 0.933. The minimum Gasteiger partial charge on any atom is -0.374 e. The van der Waals surface area contributed by atoms with Crippen LogP contribution in [0.4, 0.5) is 0 Å². The molecule has 0 aliphatic heterocycles. The lowest BCUT2D eigenvalue weighted by molar-refractivity contribution is 0.174. The maximum atomic E-state index is 9.43. The van der Waals surface area contributed by atoms with Gasteiger partial charge in [-0.05, 0) is 19.4 Å². The molecule has 74 valence electrons. The summed E-state index contributed by atoms with van der Waals surface area (Å²) in [6.45, 7) is 7.35. The molecule has 1 nitrogen and oxygen atoms in total. The molecule has 0 heterocycles. The number of hydrogen-bond donors (Lipinski definition) is 1. The van der Waals surface area contributed by atoms with E-state index in [2.05, 4.69) is 25.3 Å². The first-order valence-electron chi connectivity index (χ1n) is 4.98. The summed E-state index contributed by atoms with van der Waals surface area (Å²) in [4.78, 5) is 0. The standard InChI is InChI=1S/C12H20O/c1-4-6-7-8-9-10-11-12(3,13)5-2/h5,13H,2,4,6-9H2,1,3H3. The SMILES string of the molecule is C=CC(C)(O)C#CCCCCCC. The van der Waals surface area contributed by atoms with Gasteiger partial charge in [-0.15, -0.1) is 0 Å². The van der Waals surface area contributed by atoms with Crippen LogP contribution in [0.15, 0.2) is 12.7 Å². The van der Waals surface area contributed by atoms with Gasteiger partial charge in [0.05, 0.1) is 0 Å². The maximum Gasteiger partial charge on any atom is 0.141 e. The molecule has 0 aromatic carbocycles. The molecule has 1 unspecified atom stereocenters. The van der Waals surface area contributed by atoms with Gasteiger partial charge < -0.3 is 5.11 Å². The van der Waals surface area contributed by atoms with Gasteiger partial charge in [-0.1, -0.05) is 44.6 Å². The number of hydrogen-bond acceptors (Lipinski definition) is 1. The molecule has 0 spiro atoms. The lowest BCUT2D eigenvalue weighted by atomic mass is 10.1. The summed E-state index contributed by atoms with van der Waals surface area (Å²) in [7, 11) is 0. The van der Waals surface area contributed by atoms with E-state index in [1.54, 1.807) is 6.92 Å². The van der Waals surface area contributed by atoms with E-state index >= 15 is 0 Å². The molecule has 0 amide bonds. The molecular formula is C12H20O. The van der Waals surface area contributed by atoms with Gasteiger partial charge in [-0.25, -0.2) is 0 Å². The van der Waals surface area contributed by atoms with Crippen molar-refractivity contribution < 1.29 is 5.11 Å². The third-order valence-corrected chi connectivity index (χ3v) is 1.89. The van der Waals surface area contributed by atoms with Crippen molar-refractivity contribution in [3.8, 4) is 11.8 Å². The number of unbranched alkanes of at least 4 members (excludes halogenated alkanes) is 4. The first-order chi connectivity index (χ1) is 6.12. The highest BCUT2D eigenvalue weighted by Gasteiger charge is 2.08. The van der Waals surface area contributed by atoms with Crippen LogP contribution in [0, 0.1) is 11.8 Å². The van der Waals surface area contributed by atoms with Crippen molar-refractivity contribution >= 4 is 0 Å². The molecule has 13 heavy (non-hydrogen) atoms. The van der Waals surface area contributed by atoms with Gasteiger partial charge in [-0.3, -0.25) is 0 Å². The van der Waals surface area contributed by atoms with E-state index in [0.29, 0.717) is 0 Å². The van der Waals surface area contributed by atoms with Gasteiger partial charge in [0, 0.05) is 6.42 Å². The molecule has 0 rings (SSSR count). The molecule has 1 N–H and O–H groups in total. The fourth-order valence-corrected chi connectivity index (χ4v) is 0.933. The van der Waals surface area contributed by atoms with Gasteiger partial charge >= 0.3 is 0 Å². The van der Waals surface area contributed by atoms with Gasteiger partial charge in [0.1, 0.15) is 5.60 Å². The Kier molecular flexibility index (Phi) is 6.36. The number of aliphatic hydroxyl groups is 1. The molecule has 1 atom stereocenters. The van der Waals surface area contributed by atoms with Crippen LogP contribution >= 0.6 is 0 Å². The molecule has 0 fully saturated rings. The molecule has 1 heteroatoms. The average Bonchev–Trinajstić information content (AvgIpc) is 2.11. The Morgan fingerprint density at radius 1 is 1.38 bits per heavy atom. The molecule has 0 aromatic heterocycles. The molecular weight excluding hydrogens is 160 g/mol. The first kappa shape index (κ1) is 12.3. The first-order valence-corrected chi connectivity index (χ1v) is 4.98. The van der Waals surface area contributed by atoms with Crippen molar-refractivity contribution in [2.45, 2.75) is 51.6 Å². The summed E-state index contributed by atoms with van der Waals surface area (Å²) < 4.78 is 0. The molecule has 0 bridgehead atoms. The van der Waals surface area contributed by atoms with Crippen molar-refractivity contribution in [1.29, 1.82) is 0 Å². The van der Waals surface area contributed by atoms with Gasteiger partial charge in [0.2, 0.25) is 0 Å². The second-order valence-electron chi connectivity index (χ2n) is 3.46. The van der Waals surface area contributed by atoms with Crippen molar-refractivity contribution in [2.75, 3.05) is 0 Å². The van der Waals surface area contributed by atoms with Crippen LogP contribution < -0.4 is 0 Å². The normalized spacial score (nSPS) is 14.1. The van der Waals surface area contributed by atoms with Crippen LogP contribution in [0.2, 0.25) is 0 Å². The monoisotopic (exact) mass is 180 g/mol. The Hall–Kier alpha value is -0.740. The maximum absolute atomic E-state index is 9.43. The minimum atomic E-state index is -1.01.